The average molecular weight is 227 g/mol. The van der Waals surface area contributed by atoms with E-state index in [1.807, 2.05) is 4.98 Å². The van der Waals surface area contributed by atoms with Crippen LogP contribution >= 0.6 is 0 Å². The third kappa shape index (κ3) is 1.79. The molecule has 0 spiro atoms. The van der Waals surface area contributed by atoms with Gasteiger partial charge < -0.3 is 4.98 Å². The highest BCUT2D eigenvalue weighted by Gasteiger charge is 2.46. The fourth-order valence-corrected chi connectivity index (χ4v) is 1.50. The number of aromatic amines is 1. The molecule has 0 fully saturated rings. The maximum absolute atomic E-state index is 12.0. The van der Waals surface area contributed by atoms with Crippen LogP contribution in [0.15, 0.2) is 28.0 Å². The number of halogens is 3. The normalized spacial score (nSPS) is 12.8. The minimum Gasteiger partial charge on any atom is -0.329 e. The van der Waals surface area contributed by atoms with Crippen molar-refractivity contribution in [2.75, 3.05) is 0 Å². The van der Waals surface area contributed by atoms with E-state index in [-0.39, 0.29) is 0 Å². The molecule has 0 radical (unpaired) electrons. The van der Waals surface area contributed by atoms with Gasteiger partial charge in [-0.05, 0) is 6.07 Å². The predicted octanol–water partition coefficient (Wildman–Crippen LogP) is 0.668. The van der Waals surface area contributed by atoms with Crippen LogP contribution in [-0.2, 0) is 9.84 Å². The van der Waals surface area contributed by atoms with Crippen LogP contribution in [0.1, 0.15) is 0 Å². The highest BCUT2D eigenvalue weighted by molar-refractivity contribution is 7.92. The van der Waals surface area contributed by atoms with Crippen molar-refractivity contribution in [2.24, 2.45) is 0 Å². The molecule has 0 unspecified atom stereocenters. The van der Waals surface area contributed by atoms with Gasteiger partial charge in [0.2, 0.25) is 5.56 Å². The molecule has 0 amide bonds. The predicted molar refractivity (Wildman–Crippen MR) is 40.3 cm³/mol. The number of sulfone groups is 1. The van der Waals surface area contributed by atoms with E-state index in [0.717, 1.165) is 6.20 Å². The molecule has 8 heteroatoms. The molecule has 0 aliphatic carbocycles. The minimum absolute atomic E-state index is 0.378. The van der Waals surface area contributed by atoms with Gasteiger partial charge in [-0.25, -0.2) is 8.42 Å². The van der Waals surface area contributed by atoms with Crippen LogP contribution in [0.2, 0.25) is 0 Å². The molecule has 0 aliphatic rings. The van der Waals surface area contributed by atoms with Crippen LogP contribution in [0, 0.1) is 0 Å². The van der Waals surface area contributed by atoms with E-state index in [1.54, 1.807) is 0 Å². The molecule has 0 aromatic carbocycles. The molecule has 0 atom stereocenters. The van der Waals surface area contributed by atoms with Gasteiger partial charge in [0.1, 0.15) is 0 Å². The molecule has 0 bridgehead atoms. The Kier molecular flexibility index (Phi) is 2.40. The zero-order chi connectivity index (χ0) is 11.0. The van der Waals surface area contributed by atoms with Crippen molar-refractivity contribution in [3.05, 3.63) is 28.7 Å². The van der Waals surface area contributed by atoms with Crippen molar-refractivity contribution in [1.29, 1.82) is 0 Å². The minimum atomic E-state index is -5.42. The summed E-state index contributed by atoms with van der Waals surface area (Å²) in [4.78, 5) is 11.5. The summed E-state index contributed by atoms with van der Waals surface area (Å²) in [7, 11) is -5.42. The number of hydrogen-bond donors (Lipinski definition) is 1. The Morgan fingerprint density at radius 1 is 1.29 bits per heavy atom. The number of rotatable bonds is 1. The SMILES string of the molecule is O=c1cc(S(=O)(=O)C(F)(F)F)cc[nH]1. The van der Waals surface area contributed by atoms with Crippen LogP contribution in [0.5, 0.6) is 0 Å². The van der Waals surface area contributed by atoms with E-state index in [0.29, 0.717) is 12.1 Å². The smallest absolute Gasteiger partial charge is 0.329 e. The Labute approximate surface area is 76.3 Å². The Balaban J connectivity index is 3.39. The van der Waals surface area contributed by atoms with Crippen LogP contribution in [0.25, 0.3) is 0 Å². The lowest BCUT2D eigenvalue weighted by atomic mass is 10.5. The summed E-state index contributed by atoms with van der Waals surface area (Å²) in [5.41, 5.74) is -6.30. The molecule has 1 rings (SSSR count). The van der Waals surface area contributed by atoms with Gasteiger partial charge in [0.25, 0.3) is 9.84 Å². The lowest BCUT2D eigenvalue weighted by Crippen LogP contribution is -2.24. The Bertz CT molecular complexity index is 488. The zero-order valence-electron chi connectivity index (χ0n) is 6.50. The summed E-state index contributed by atoms with van der Waals surface area (Å²) in [6, 6.07) is 1.05. The van der Waals surface area contributed by atoms with Gasteiger partial charge >= 0.3 is 5.51 Å². The lowest BCUT2D eigenvalue weighted by molar-refractivity contribution is -0.0436. The van der Waals surface area contributed by atoms with E-state index < -0.39 is 25.8 Å². The highest BCUT2D eigenvalue weighted by Crippen LogP contribution is 2.28. The lowest BCUT2D eigenvalue weighted by Gasteiger charge is -2.06. The molecular formula is C6H4F3NO3S. The number of H-pyrrole nitrogens is 1. The van der Waals surface area contributed by atoms with Crippen molar-refractivity contribution in [3.8, 4) is 0 Å². The van der Waals surface area contributed by atoms with Gasteiger partial charge in [-0.15, -0.1) is 0 Å². The molecule has 0 aliphatic heterocycles. The van der Waals surface area contributed by atoms with Crippen LogP contribution < -0.4 is 5.56 Å². The van der Waals surface area contributed by atoms with Crippen molar-refractivity contribution in [1.82, 2.24) is 4.98 Å². The number of nitrogens with one attached hydrogen (secondary N) is 1. The summed E-state index contributed by atoms with van der Waals surface area (Å²) in [5.74, 6) is 0. The first kappa shape index (κ1) is 10.8. The average Bonchev–Trinajstić information content (AvgIpc) is 2.02. The first-order valence-electron chi connectivity index (χ1n) is 3.25. The Hall–Kier alpha value is -1.31. The third-order valence-electron chi connectivity index (χ3n) is 1.36. The van der Waals surface area contributed by atoms with E-state index in [9.17, 15) is 26.4 Å². The van der Waals surface area contributed by atoms with E-state index in [4.69, 9.17) is 0 Å². The summed E-state index contributed by atoms with van der Waals surface area (Å²) in [5, 5.41) is 0. The standard InChI is InChI=1S/C6H4F3NO3S/c7-6(8,9)14(12,13)4-1-2-10-5(11)3-4/h1-3H,(H,10,11). The third-order valence-corrected chi connectivity index (χ3v) is 2.85. The molecule has 1 aromatic heterocycles. The largest absolute Gasteiger partial charge is 0.501 e. The Morgan fingerprint density at radius 3 is 2.29 bits per heavy atom. The Morgan fingerprint density at radius 2 is 1.86 bits per heavy atom. The monoisotopic (exact) mass is 227 g/mol. The number of pyridine rings is 1. The quantitative estimate of drug-likeness (QED) is 0.766. The first-order valence-corrected chi connectivity index (χ1v) is 4.73. The molecule has 1 N–H and O–H groups in total. The summed E-state index contributed by atoms with van der Waals surface area (Å²) < 4.78 is 57.3. The van der Waals surface area contributed by atoms with E-state index in [1.165, 1.54) is 0 Å². The zero-order valence-corrected chi connectivity index (χ0v) is 7.32. The molecule has 4 nitrogen and oxygen atoms in total. The summed E-state index contributed by atoms with van der Waals surface area (Å²) >= 11 is 0. The summed E-state index contributed by atoms with van der Waals surface area (Å²) in [6.07, 6.45) is 0.834. The van der Waals surface area contributed by atoms with Crippen molar-refractivity contribution < 1.29 is 21.6 Å². The van der Waals surface area contributed by atoms with Crippen molar-refractivity contribution >= 4 is 9.84 Å². The number of aromatic nitrogens is 1. The molecule has 78 valence electrons. The maximum Gasteiger partial charge on any atom is 0.501 e. The molecule has 0 saturated heterocycles. The van der Waals surface area contributed by atoms with Crippen molar-refractivity contribution in [2.45, 2.75) is 10.4 Å². The second kappa shape index (κ2) is 3.12. The van der Waals surface area contributed by atoms with Crippen LogP contribution in [0.4, 0.5) is 13.2 Å². The van der Waals surface area contributed by atoms with Gasteiger partial charge in [-0.3, -0.25) is 4.79 Å². The van der Waals surface area contributed by atoms with Gasteiger partial charge in [0.15, 0.2) is 0 Å². The first-order chi connectivity index (χ1) is 6.25. The van der Waals surface area contributed by atoms with Crippen LogP contribution in [-0.4, -0.2) is 18.9 Å². The molecule has 1 heterocycles. The van der Waals surface area contributed by atoms with Crippen LogP contribution in [0.3, 0.4) is 0 Å². The van der Waals surface area contributed by atoms with Gasteiger partial charge in [-0.1, -0.05) is 0 Å². The molecular weight excluding hydrogens is 223 g/mol. The second-order valence-corrected chi connectivity index (χ2v) is 4.28. The van der Waals surface area contributed by atoms with Gasteiger partial charge in [0, 0.05) is 12.3 Å². The summed E-state index contributed by atoms with van der Waals surface area (Å²) in [6.45, 7) is 0. The van der Waals surface area contributed by atoms with Gasteiger partial charge in [-0.2, -0.15) is 13.2 Å². The highest BCUT2D eigenvalue weighted by atomic mass is 32.2. The maximum atomic E-state index is 12.0. The van der Waals surface area contributed by atoms with Crippen molar-refractivity contribution in [3.63, 3.8) is 0 Å². The second-order valence-electron chi connectivity index (χ2n) is 2.34. The number of alkyl halides is 3. The van der Waals surface area contributed by atoms with Gasteiger partial charge in [0.05, 0.1) is 4.90 Å². The van der Waals surface area contributed by atoms with E-state index in [2.05, 4.69) is 0 Å². The molecule has 14 heavy (non-hydrogen) atoms. The fourth-order valence-electron chi connectivity index (χ4n) is 0.726. The number of hydrogen-bond acceptors (Lipinski definition) is 3. The van der Waals surface area contributed by atoms with E-state index >= 15 is 0 Å². The topological polar surface area (TPSA) is 67.0 Å². The molecule has 1 aromatic rings. The fraction of sp³-hybridized carbons (Fsp3) is 0.167. The molecule has 0 saturated carbocycles.